The molecule has 1 heterocycles. The largest absolute Gasteiger partial charge is 0.456 e. The van der Waals surface area contributed by atoms with Gasteiger partial charge < -0.3 is 44.7 Å². The van der Waals surface area contributed by atoms with Crippen LogP contribution in [0.1, 0.15) is 106 Å². The summed E-state index contributed by atoms with van der Waals surface area (Å²) < 4.78 is 24.0. The highest BCUT2D eigenvalue weighted by atomic mass is 16.6. The van der Waals surface area contributed by atoms with Crippen molar-refractivity contribution in [3.05, 3.63) is 47.0 Å². The van der Waals surface area contributed by atoms with Gasteiger partial charge in [-0.3, -0.25) is 0 Å². The molecule has 296 valence electrons. The summed E-state index contributed by atoms with van der Waals surface area (Å²) in [6.45, 7) is 20.2. The Labute approximate surface area is 313 Å². The summed E-state index contributed by atoms with van der Waals surface area (Å²) in [5, 5.41) is 51.8. The van der Waals surface area contributed by atoms with Crippen LogP contribution in [0.2, 0.25) is 0 Å². The molecule has 12 heteroatoms. The van der Waals surface area contributed by atoms with Crippen LogP contribution in [0.4, 0.5) is 4.79 Å². The summed E-state index contributed by atoms with van der Waals surface area (Å²) in [6.07, 6.45) is -7.38. The SMILES string of the molecule is CC1=C2[C@H](C)[C@H](O)[C@@]3(C)[C@H]([C@H](OC(=O)c4ccccc4)[C@](O)(C[C@@H]1OC(=O)C(O)[C@H](CC(C)C)NC(=O)OC(C)(C)C)C2(C)C)[C@]1(C)CO[C@@H]1C[C@@H]3O. The number of ether oxygens (including phenoxy) is 4. The van der Waals surface area contributed by atoms with Gasteiger partial charge in [-0.25, -0.2) is 14.4 Å². The van der Waals surface area contributed by atoms with E-state index in [2.05, 4.69) is 5.32 Å². The Hall–Kier alpha value is -3.03. The normalized spacial score (nSPS) is 37.5. The van der Waals surface area contributed by atoms with Crippen molar-refractivity contribution in [1.29, 1.82) is 0 Å². The first-order valence-corrected chi connectivity index (χ1v) is 19.0. The van der Waals surface area contributed by atoms with Gasteiger partial charge in [-0.15, -0.1) is 0 Å². The molecule has 2 bridgehead atoms. The zero-order valence-corrected chi connectivity index (χ0v) is 33.1. The van der Waals surface area contributed by atoms with E-state index in [0.717, 1.165) is 0 Å². The highest BCUT2D eigenvalue weighted by Crippen LogP contribution is 2.67. The van der Waals surface area contributed by atoms with Crippen LogP contribution in [-0.2, 0) is 23.7 Å². The van der Waals surface area contributed by atoms with Gasteiger partial charge in [-0.1, -0.05) is 72.2 Å². The van der Waals surface area contributed by atoms with Crippen molar-refractivity contribution >= 4 is 18.0 Å². The molecule has 5 N–H and O–H groups in total. The van der Waals surface area contributed by atoms with Crippen molar-refractivity contribution in [3.63, 3.8) is 0 Å². The number of esters is 2. The van der Waals surface area contributed by atoms with E-state index in [1.807, 2.05) is 41.5 Å². The molecule has 1 saturated heterocycles. The van der Waals surface area contributed by atoms with Gasteiger partial charge in [0.05, 0.1) is 36.5 Å². The highest BCUT2D eigenvalue weighted by molar-refractivity contribution is 5.89. The number of carbonyl (C=O) groups excluding carboxylic acids is 3. The average Bonchev–Trinajstić information content (AvgIpc) is 3.05. The number of nitrogens with one attached hydrogen (secondary N) is 1. The number of rotatable bonds is 8. The standard InChI is InChI=1S/C41H61NO11/c1-21(2)17-25(42-36(48)53-37(5,6)7)30(44)35(47)51-26-19-41(49)33(52-34(46)24-15-13-12-14-16-24)31-39(10)20-50-28(39)18-27(43)40(31,11)32(45)23(4)29(22(26)3)38(41,8)9/h12-16,21,23,25-28,30-33,43-45,49H,17-20H2,1-11H3,(H,42,48)/t23-,25-,26-,27-,28+,30?,31+,32-,33-,39+,40+,41+/m0/s1. The smallest absolute Gasteiger partial charge is 0.407 e. The fraction of sp³-hybridized carbons (Fsp3) is 0.732. The van der Waals surface area contributed by atoms with Crippen LogP contribution in [0, 0.1) is 34.0 Å². The summed E-state index contributed by atoms with van der Waals surface area (Å²) in [5.74, 6) is -3.18. The number of amides is 1. The second-order valence-corrected chi connectivity index (χ2v) is 18.4. The first kappa shape index (κ1) is 41.1. The monoisotopic (exact) mass is 743 g/mol. The third-order valence-corrected chi connectivity index (χ3v) is 12.9. The molecule has 2 saturated carbocycles. The molecular formula is C41H61NO11. The Bertz CT molecular complexity index is 1590. The number of hydrogen-bond acceptors (Lipinski definition) is 11. The predicted molar refractivity (Wildman–Crippen MR) is 195 cm³/mol. The molecule has 1 amide bonds. The van der Waals surface area contributed by atoms with E-state index in [4.69, 9.17) is 18.9 Å². The Morgan fingerprint density at radius 1 is 1.04 bits per heavy atom. The van der Waals surface area contributed by atoms with E-state index in [1.54, 1.807) is 65.0 Å². The molecule has 5 rings (SSSR count). The molecule has 12 nitrogen and oxygen atoms in total. The van der Waals surface area contributed by atoms with Gasteiger partial charge in [0.15, 0.2) is 6.10 Å². The third kappa shape index (κ3) is 7.03. The molecule has 4 aliphatic rings. The van der Waals surface area contributed by atoms with E-state index in [1.165, 1.54) is 0 Å². The number of hydrogen-bond donors (Lipinski definition) is 5. The molecule has 1 aromatic carbocycles. The van der Waals surface area contributed by atoms with E-state index < -0.39 is 100.0 Å². The van der Waals surface area contributed by atoms with Gasteiger partial charge in [0.25, 0.3) is 0 Å². The molecule has 0 radical (unpaired) electrons. The maximum atomic E-state index is 14.0. The number of fused-ring (bicyclic) bond motifs is 5. The van der Waals surface area contributed by atoms with Gasteiger partial charge in [0.1, 0.15) is 23.4 Å². The molecule has 0 spiro atoms. The number of carbonyl (C=O) groups is 3. The van der Waals surface area contributed by atoms with E-state index in [9.17, 15) is 34.8 Å². The zero-order valence-electron chi connectivity index (χ0n) is 33.1. The van der Waals surface area contributed by atoms with Crippen molar-refractivity contribution in [2.45, 2.75) is 149 Å². The molecule has 3 fully saturated rings. The van der Waals surface area contributed by atoms with Gasteiger partial charge in [0.2, 0.25) is 0 Å². The number of aliphatic hydroxyl groups excluding tert-OH is 3. The fourth-order valence-corrected chi connectivity index (χ4v) is 10.1. The van der Waals surface area contributed by atoms with Crippen LogP contribution >= 0.6 is 0 Å². The second-order valence-electron chi connectivity index (χ2n) is 18.4. The summed E-state index contributed by atoms with van der Waals surface area (Å²) in [5.41, 5.74) is -4.43. The lowest BCUT2D eigenvalue weighted by atomic mass is 9.41. The van der Waals surface area contributed by atoms with Crippen molar-refractivity contribution in [1.82, 2.24) is 5.32 Å². The quantitative estimate of drug-likeness (QED) is 0.141. The lowest BCUT2D eigenvalue weighted by Gasteiger charge is -2.69. The number of alkyl carbamates (subject to hydrolysis) is 1. The summed E-state index contributed by atoms with van der Waals surface area (Å²) >= 11 is 0. The molecule has 3 aliphatic carbocycles. The van der Waals surface area contributed by atoms with Crippen LogP contribution in [0.5, 0.6) is 0 Å². The first-order valence-electron chi connectivity index (χ1n) is 19.0. The average molecular weight is 744 g/mol. The van der Waals surface area contributed by atoms with Crippen LogP contribution in [-0.4, -0.2) is 98.9 Å². The number of benzene rings is 1. The Kier molecular flexibility index (Phi) is 11.1. The Morgan fingerprint density at radius 2 is 1.66 bits per heavy atom. The van der Waals surface area contributed by atoms with Crippen molar-refractivity contribution in [2.75, 3.05) is 6.61 Å². The minimum atomic E-state index is -1.92. The fourth-order valence-electron chi connectivity index (χ4n) is 10.1. The van der Waals surface area contributed by atoms with Gasteiger partial charge in [-0.2, -0.15) is 0 Å². The summed E-state index contributed by atoms with van der Waals surface area (Å²) in [7, 11) is 0. The van der Waals surface area contributed by atoms with Gasteiger partial charge >= 0.3 is 18.0 Å². The minimum Gasteiger partial charge on any atom is -0.456 e. The van der Waals surface area contributed by atoms with Gasteiger partial charge in [0, 0.05) is 40.9 Å². The predicted octanol–water partition coefficient (Wildman–Crippen LogP) is 4.70. The topological polar surface area (TPSA) is 181 Å². The van der Waals surface area contributed by atoms with Crippen molar-refractivity contribution in [3.8, 4) is 0 Å². The van der Waals surface area contributed by atoms with Crippen LogP contribution in [0.25, 0.3) is 0 Å². The number of aliphatic hydroxyl groups is 4. The van der Waals surface area contributed by atoms with Crippen LogP contribution in [0.15, 0.2) is 41.5 Å². The lowest BCUT2D eigenvalue weighted by molar-refractivity contribution is -0.335. The summed E-state index contributed by atoms with van der Waals surface area (Å²) in [6, 6.07) is 7.38. The molecule has 53 heavy (non-hydrogen) atoms. The van der Waals surface area contributed by atoms with E-state index in [0.29, 0.717) is 11.1 Å². The second kappa shape index (κ2) is 14.2. The van der Waals surface area contributed by atoms with E-state index in [-0.39, 0.29) is 37.4 Å². The van der Waals surface area contributed by atoms with Crippen LogP contribution < -0.4 is 5.32 Å². The molecular weight excluding hydrogens is 682 g/mol. The molecule has 0 aromatic heterocycles. The van der Waals surface area contributed by atoms with Gasteiger partial charge in [-0.05, 0) is 57.7 Å². The summed E-state index contributed by atoms with van der Waals surface area (Å²) in [4.78, 5) is 40.7. The molecule has 12 atom stereocenters. The Balaban J connectivity index is 1.61. The zero-order chi connectivity index (χ0) is 39.6. The molecule has 1 aromatic rings. The highest BCUT2D eigenvalue weighted by Gasteiger charge is 2.74. The third-order valence-electron chi connectivity index (χ3n) is 12.9. The molecule has 1 aliphatic heterocycles. The van der Waals surface area contributed by atoms with E-state index >= 15 is 0 Å². The first-order chi connectivity index (χ1) is 24.4. The lowest BCUT2D eigenvalue weighted by Crippen LogP contribution is -2.77. The van der Waals surface area contributed by atoms with Crippen LogP contribution in [0.3, 0.4) is 0 Å². The minimum absolute atomic E-state index is 0.0210. The maximum Gasteiger partial charge on any atom is 0.407 e. The molecule has 1 unspecified atom stereocenters. The maximum absolute atomic E-state index is 14.0. The van der Waals surface area contributed by atoms with Crippen molar-refractivity contribution in [2.24, 2.45) is 34.0 Å². The Morgan fingerprint density at radius 3 is 2.21 bits per heavy atom. The van der Waals surface area contributed by atoms with Crippen molar-refractivity contribution < 1.29 is 53.8 Å².